The molecule has 0 unspecified atom stereocenters. The Morgan fingerprint density at radius 2 is 2.04 bits per heavy atom. The van der Waals surface area contributed by atoms with Crippen molar-refractivity contribution in [2.75, 3.05) is 14.2 Å². The van der Waals surface area contributed by atoms with Crippen LogP contribution in [0.5, 0.6) is 11.5 Å². The van der Waals surface area contributed by atoms with Gasteiger partial charge in [-0.25, -0.2) is 4.98 Å². The van der Waals surface area contributed by atoms with E-state index in [9.17, 15) is 13.6 Å². The van der Waals surface area contributed by atoms with Gasteiger partial charge in [-0.05, 0) is 35.9 Å². The smallest absolute Gasteiger partial charge is 0.387 e. The van der Waals surface area contributed by atoms with Gasteiger partial charge >= 0.3 is 6.61 Å². The van der Waals surface area contributed by atoms with Crippen LogP contribution in [0.25, 0.3) is 10.2 Å². The minimum absolute atomic E-state index is 0.0630. The first kappa shape index (κ1) is 18.1. The van der Waals surface area contributed by atoms with Gasteiger partial charge in [0.1, 0.15) is 0 Å². The van der Waals surface area contributed by atoms with E-state index in [1.54, 1.807) is 36.8 Å². The van der Waals surface area contributed by atoms with E-state index in [4.69, 9.17) is 4.74 Å². The summed E-state index contributed by atoms with van der Waals surface area (Å²) in [6.45, 7) is -2.71. The summed E-state index contributed by atoms with van der Waals surface area (Å²) in [5.41, 5.74) is 3.76. The van der Waals surface area contributed by atoms with Gasteiger partial charge in [0.2, 0.25) is 0 Å². The minimum Gasteiger partial charge on any atom is -0.493 e. The molecule has 136 valence electrons. The maximum Gasteiger partial charge on any atom is 0.387 e. The zero-order chi connectivity index (χ0) is 18.7. The highest BCUT2D eigenvalue weighted by Crippen LogP contribution is 2.30. The van der Waals surface area contributed by atoms with Crippen molar-refractivity contribution in [2.45, 2.75) is 13.2 Å². The number of halogens is 2. The largest absolute Gasteiger partial charge is 0.493 e. The van der Waals surface area contributed by atoms with Gasteiger partial charge in [0.25, 0.3) is 5.91 Å². The van der Waals surface area contributed by atoms with Crippen molar-refractivity contribution in [1.82, 2.24) is 9.88 Å². The number of rotatable bonds is 6. The molecule has 0 saturated heterocycles. The highest BCUT2D eigenvalue weighted by molar-refractivity contribution is 7.16. The minimum atomic E-state index is -2.95. The van der Waals surface area contributed by atoms with Crippen LogP contribution >= 0.6 is 11.3 Å². The lowest BCUT2D eigenvalue weighted by Crippen LogP contribution is -2.26. The molecule has 3 rings (SSSR count). The molecule has 1 heterocycles. The average molecular weight is 378 g/mol. The van der Waals surface area contributed by atoms with Crippen LogP contribution in [0.4, 0.5) is 8.78 Å². The van der Waals surface area contributed by atoms with Crippen molar-refractivity contribution in [3.63, 3.8) is 0 Å². The van der Waals surface area contributed by atoms with Gasteiger partial charge in [-0.1, -0.05) is 6.07 Å². The number of carbonyl (C=O) groups is 1. The number of methoxy groups -OCH3 is 1. The molecule has 3 aromatic rings. The molecule has 5 nitrogen and oxygen atoms in total. The van der Waals surface area contributed by atoms with Gasteiger partial charge in [-0.2, -0.15) is 8.78 Å². The number of nitrogens with zero attached hydrogens (tertiary/aromatic N) is 2. The van der Waals surface area contributed by atoms with Crippen molar-refractivity contribution in [3.05, 3.63) is 53.0 Å². The van der Waals surface area contributed by atoms with Crippen molar-refractivity contribution in [2.24, 2.45) is 0 Å². The van der Waals surface area contributed by atoms with Crippen molar-refractivity contribution >= 4 is 27.5 Å². The Balaban J connectivity index is 1.77. The van der Waals surface area contributed by atoms with Gasteiger partial charge in [-0.15, -0.1) is 11.3 Å². The molecule has 0 bridgehead atoms. The summed E-state index contributed by atoms with van der Waals surface area (Å²) >= 11 is 1.46. The molecule has 0 spiro atoms. The third-order valence-corrected chi connectivity index (χ3v) is 4.58. The predicted molar refractivity (Wildman–Crippen MR) is 95.0 cm³/mol. The van der Waals surface area contributed by atoms with Crippen LogP contribution in [0.2, 0.25) is 0 Å². The quantitative estimate of drug-likeness (QED) is 0.646. The monoisotopic (exact) mass is 378 g/mol. The van der Waals surface area contributed by atoms with E-state index in [0.29, 0.717) is 11.1 Å². The maximum absolute atomic E-state index is 12.6. The molecular weight excluding hydrogens is 362 g/mol. The average Bonchev–Trinajstić information content (AvgIpc) is 3.08. The zero-order valence-corrected chi connectivity index (χ0v) is 14.9. The van der Waals surface area contributed by atoms with Crippen LogP contribution in [0, 0.1) is 0 Å². The van der Waals surface area contributed by atoms with Crippen LogP contribution in [0.3, 0.4) is 0 Å². The fourth-order valence-corrected chi connectivity index (χ4v) is 3.28. The number of fused-ring (bicyclic) bond motifs is 1. The standard InChI is InChI=1S/C18H16F2N2O3S/c1-22(17(23)12-4-5-13-16(8-12)26-10-21-13)9-11-3-6-14(24-2)15(7-11)25-18(19)20/h3-8,10,18H,9H2,1-2H3. The Morgan fingerprint density at radius 1 is 1.23 bits per heavy atom. The number of hydrogen-bond donors (Lipinski definition) is 0. The molecule has 0 atom stereocenters. The summed E-state index contributed by atoms with van der Waals surface area (Å²) in [7, 11) is 3.02. The van der Waals surface area contributed by atoms with Crippen LogP contribution in [-0.4, -0.2) is 36.6 Å². The van der Waals surface area contributed by atoms with Crippen molar-refractivity contribution in [3.8, 4) is 11.5 Å². The fourth-order valence-electron chi connectivity index (χ4n) is 2.56. The summed E-state index contributed by atoms with van der Waals surface area (Å²) in [6, 6.07) is 10.0. The predicted octanol–water partition coefficient (Wildman–Crippen LogP) is 4.18. The number of benzene rings is 2. The molecule has 0 fully saturated rings. The number of ether oxygens (including phenoxy) is 2. The Morgan fingerprint density at radius 3 is 2.77 bits per heavy atom. The molecule has 0 aliphatic carbocycles. The Kier molecular flexibility index (Phi) is 5.32. The number of alkyl halides is 2. The SMILES string of the molecule is COc1ccc(CN(C)C(=O)c2ccc3ncsc3c2)cc1OC(F)F. The molecule has 0 aliphatic heterocycles. The van der Waals surface area contributed by atoms with E-state index in [0.717, 1.165) is 10.2 Å². The van der Waals surface area contributed by atoms with Crippen LogP contribution in [-0.2, 0) is 6.54 Å². The van der Waals surface area contributed by atoms with Crippen LogP contribution in [0.1, 0.15) is 15.9 Å². The fraction of sp³-hybridized carbons (Fsp3) is 0.222. The first-order valence-electron chi connectivity index (χ1n) is 7.68. The first-order valence-corrected chi connectivity index (χ1v) is 8.56. The maximum atomic E-state index is 12.6. The highest BCUT2D eigenvalue weighted by Gasteiger charge is 2.16. The highest BCUT2D eigenvalue weighted by atomic mass is 32.1. The second kappa shape index (κ2) is 7.65. The third-order valence-electron chi connectivity index (χ3n) is 3.79. The summed E-state index contributed by atoms with van der Waals surface area (Å²) in [5, 5.41) is 0. The zero-order valence-electron chi connectivity index (χ0n) is 14.1. The van der Waals surface area contributed by atoms with E-state index in [2.05, 4.69) is 9.72 Å². The normalized spacial score (nSPS) is 11.0. The Bertz CT molecular complexity index is 930. The second-order valence-electron chi connectivity index (χ2n) is 5.56. The molecule has 0 saturated carbocycles. The molecule has 0 radical (unpaired) electrons. The lowest BCUT2D eigenvalue weighted by atomic mass is 10.1. The van der Waals surface area contributed by atoms with Gasteiger partial charge in [-0.3, -0.25) is 4.79 Å². The number of thiazole rings is 1. The third kappa shape index (κ3) is 3.91. The summed E-state index contributed by atoms with van der Waals surface area (Å²) in [6.07, 6.45) is 0. The summed E-state index contributed by atoms with van der Waals surface area (Å²) in [5.74, 6) is -0.0296. The molecule has 1 amide bonds. The number of carbonyl (C=O) groups excluding carboxylic acids is 1. The molecule has 8 heteroatoms. The first-order chi connectivity index (χ1) is 12.5. The Hall–Kier alpha value is -2.74. The number of amides is 1. The molecule has 2 aromatic carbocycles. The molecule has 26 heavy (non-hydrogen) atoms. The van der Waals surface area contributed by atoms with Crippen molar-refractivity contribution < 1.29 is 23.0 Å². The van der Waals surface area contributed by atoms with Crippen LogP contribution < -0.4 is 9.47 Å². The lowest BCUT2D eigenvalue weighted by Gasteiger charge is -2.18. The van der Waals surface area contributed by atoms with E-state index in [1.165, 1.54) is 35.5 Å². The summed E-state index contributed by atoms with van der Waals surface area (Å²) < 4.78 is 35.5. The van der Waals surface area contributed by atoms with E-state index < -0.39 is 6.61 Å². The topological polar surface area (TPSA) is 51.7 Å². The van der Waals surface area contributed by atoms with Crippen LogP contribution in [0.15, 0.2) is 41.9 Å². The van der Waals surface area contributed by atoms with E-state index in [-0.39, 0.29) is 24.0 Å². The molecular formula is C18H16F2N2O3S. The molecule has 0 aliphatic rings. The number of hydrogen-bond acceptors (Lipinski definition) is 5. The summed E-state index contributed by atoms with van der Waals surface area (Å²) in [4.78, 5) is 18.3. The van der Waals surface area contributed by atoms with Gasteiger partial charge in [0, 0.05) is 19.2 Å². The second-order valence-corrected chi connectivity index (χ2v) is 6.45. The lowest BCUT2D eigenvalue weighted by molar-refractivity contribution is -0.0512. The van der Waals surface area contributed by atoms with E-state index >= 15 is 0 Å². The number of aromatic nitrogens is 1. The van der Waals surface area contributed by atoms with Gasteiger partial charge < -0.3 is 14.4 Å². The van der Waals surface area contributed by atoms with Gasteiger partial charge in [0.05, 0.1) is 22.8 Å². The molecule has 1 aromatic heterocycles. The van der Waals surface area contributed by atoms with Gasteiger partial charge in [0.15, 0.2) is 11.5 Å². The molecule has 0 N–H and O–H groups in total. The van der Waals surface area contributed by atoms with Crippen molar-refractivity contribution in [1.29, 1.82) is 0 Å². The van der Waals surface area contributed by atoms with E-state index in [1.807, 2.05) is 0 Å². The Labute approximate surface area is 152 Å².